The highest BCUT2D eigenvalue weighted by molar-refractivity contribution is 5.68. The van der Waals surface area contributed by atoms with Crippen LogP contribution in [0.5, 0.6) is 0 Å². The van der Waals surface area contributed by atoms with E-state index in [9.17, 15) is 4.79 Å². The second-order valence-electron chi connectivity index (χ2n) is 6.75. The van der Waals surface area contributed by atoms with Crippen molar-refractivity contribution in [2.45, 2.75) is 53.6 Å². The van der Waals surface area contributed by atoms with E-state index in [0.29, 0.717) is 12.5 Å². The molecule has 0 saturated carbocycles. The Morgan fingerprint density at radius 2 is 1.95 bits per heavy atom. The van der Waals surface area contributed by atoms with E-state index in [2.05, 4.69) is 26.5 Å². The number of hydrogen-bond acceptors (Lipinski definition) is 3. The van der Waals surface area contributed by atoms with Gasteiger partial charge in [-0.15, -0.1) is 0 Å². The van der Waals surface area contributed by atoms with Gasteiger partial charge in [-0.05, 0) is 45.6 Å². The first-order valence-electron chi connectivity index (χ1n) is 7.50. The van der Waals surface area contributed by atoms with Gasteiger partial charge in [-0.25, -0.2) is 4.79 Å². The second kappa shape index (κ2) is 8.88. The molecule has 0 radical (unpaired) electrons. The SMILES string of the molecule is C=C(CN(CCO)C(=O)OC(C)(C)C)/C(C)=C\CC(C)C. The molecule has 1 amide bonds. The minimum absolute atomic E-state index is 0.0960. The number of amides is 1. The Kier molecular flexibility index (Phi) is 8.33. The Morgan fingerprint density at radius 3 is 2.38 bits per heavy atom. The summed E-state index contributed by atoms with van der Waals surface area (Å²) in [5, 5.41) is 9.12. The van der Waals surface area contributed by atoms with Crippen LogP contribution in [0.4, 0.5) is 4.79 Å². The Labute approximate surface area is 129 Å². The van der Waals surface area contributed by atoms with Crippen LogP contribution in [-0.4, -0.2) is 41.4 Å². The Hall–Kier alpha value is -1.29. The van der Waals surface area contributed by atoms with Gasteiger partial charge in [-0.2, -0.15) is 0 Å². The minimum atomic E-state index is -0.547. The molecule has 4 heteroatoms. The number of carbonyl (C=O) groups is 1. The van der Waals surface area contributed by atoms with Gasteiger partial charge in [0.25, 0.3) is 0 Å². The van der Waals surface area contributed by atoms with Crippen molar-refractivity contribution in [3.8, 4) is 0 Å². The molecule has 0 rings (SSSR count). The molecule has 0 aliphatic rings. The molecule has 0 aromatic rings. The van der Waals surface area contributed by atoms with Gasteiger partial charge < -0.3 is 14.7 Å². The van der Waals surface area contributed by atoms with Gasteiger partial charge in [-0.1, -0.05) is 32.1 Å². The maximum absolute atomic E-state index is 12.1. The van der Waals surface area contributed by atoms with Crippen molar-refractivity contribution >= 4 is 6.09 Å². The Balaban J connectivity index is 4.73. The van der Waals surface area contributed by atoms with E-state index >= 15 is 0 Å². The predicted octanol–water partition coefficient (Wildman–Crippen LogP) is 3.76. The number of carbonyl (C=O) groups excluding carboxylic acids is 1. The van der Waals surface area contributed by atoms with Crippen LogP contribution in [0.15, 0.2) is 23.8 Å². The molecule has 0 aromatic carbocycles. The van der Waals surface area contributed by atoms with E-state index in [-0.39, 0.29) is 13.2 Å². The summed E-state index contributed by atoms with van der Waals surface area (Å²) in [6.07, 6.45) is 2.70. The minimum Gasteiger partial charge on any atom is -0.444 e. The zero-order chi connectivity index (χ0) is 16.6. The maximum Gasteiger partial charge on any atom is 0.410 e. The fourth-order valence-electron chi connectivity index (χ4n) is 1.59. The van der Waals surface area contributed by atoms with Crippen LogP contribution in [0.1, 0.15) is 48.0 Å². The number of allylic oxidation sites excluding steroid dienone is 1. The molecule has 122 valence electrons. The van der Waals surface area contributed by atoms with Crippen LogP contribution in [0.25, 0.3) is 0 Å². The lowest BCUT2D eigenvalue weighted by Gasteiger charge is -2.27. The first-order valence-corrected chi connectivity index (χ1v) is 7.50. The summed E-state index contributed by atoms with van der Waals surface area (Å²) in [5.41, 5.74) is 1.40. The normalized spacial score (nSPS) is 12.5. The second-order valence-corrected chi connectivity index (χ2v) is 6.75. The number of ether oxygens (including phenoxy) is 1. The fraction of sp³-hybridized carbons (Fsp3) is 0.706. The van der Waals surface area contributed by atoms with Crippen molar-refractivity contribution in [2.75, 3.05) is 19.7 Å². The lowest BCUT2D eigenvalue weighted by atomic mass is 10.0. The highest BCUT2D eigenvalue weighted by Crippen LogP contribution is 2.15. The summed E-state index contributed by atoms with van der Waals surface area (Å²) in [6, 6.07) is 0. The van der Waals surface area contributed by atoms with Crippen molar-refractivity contribution in [2.24, 2.45) is 5.92 Å². The summed E-state index contributed by atoms with van der Waals surface area (Å²) >= 11 is 0. The van der Waals surface area contributed by atoms with Gasteiger partial charge in [0, 0.05) is 13.1 Å². The number of rotatable bonds is 7. The van der Waals surface area contributed by atoms with Gasteiger partial charge in [-0.3, -0.25) is 0 Å². The first-order chi connectivity index (χ1) is 9.56. The van der Waals surface area contributed by atoms with Crippen molar-refractivity contribution < 1.29 is 14.6 Å². The number of aliphatic hydroxyl groups is 1. The lowest BCUT2D eigenvalue weighted by Crippen LogP contribution is -2.39. The average Bonchev–Trinajstić information content (AvgIpc) is 2.32. The highest BCUT2D eigenvalue weighted by atomic mass is 16.6. The lowest BCUT2D eigenvalue weighted by molar-refractivity contribution is 0.0239. The van der Waals surface area contributed by atoms with E-state index in [1.54, 1.807) is 0 Å². The molecule has 4 nitrogen and oxygen atoms in total. The molecule has 0 heterocycles. The molecule has 0 atom stereocenters. The fourth-order valence-corrected chi connectivity index (χ4v) is 1.59. The number of hydrogen-bond donors (Lipinski definition) is 1. The quantitative estimate of drug-likeness (QED) is 0.728. The van der Waals surface area contributed by atoms with Crippen LogP contribution in [0.2, 0.25) is 0 Å². The summed E-state index contributed by atoms with van der Waals surface area (Å²) in [6.45, 7) is 16.3. The van der Waals surface area contributed by atoms with E-state index in [1.807, 2.05) is 27.7 Å². The molecule has 1 N–H and O–H groups in total. The van der Waals surface area contributed by atoms with Gasteiger partial charge in [0.2, 0.25) is 0 Å². The summed E-state index contributed by atoms with van der Waals surface area (Å²) < 4.78 is 5.35. The van der Waals surface area contributed by atoms with E-state index < -0.39 is 11.7 Å². The van der Waals surface area contributed by atoms with E-state index in [4.69, 9.17) is 9.84 Å². The Morgan fingerprint density at radius 1 is 1.38 bits per heavy atom. The topological polar surface area (TPSA) is 49.8 Å². The maximum atomic E-state index is 12.1. The standard InChI is InChI=1S/C17H31NO3/c1-13(2)8-9-14(3)15(4)12-18(10-11-19)16(20)21-17(5,6)7/h9,13,19H,4,8,10-12H2,1-3,5-7H3/b14-9-. The monoisotopic (exact) mass is 297 g/mol. The molecule has 0 spiro atoms. The van der Waals surface area contributed by atoms with Crippen LogP contribution < -0.4 is 0 Å². The third-order valence-corrected chi connectivity index (χ3v) is 2.86. The predicted molar refractivity (Wildman–Crippen MR) is 87.2 cm³/mol. The molecule has 0 unspecified atom stereocenters. The molecule has 0 aliphatic heterocycles. The molecule has 0 bridgehead atoms. The third-order valence-electron chi connectivity index (χ3n) is 2.86. The van der Waals surface area contributed by atoms with Crippen LogP contribution in [0, 0.1) is 5.92 Å². The number of nitrogens with zero attached hydrogens (tertiary/aromatic N) is 1. The van der Waals surface area contributed by atoms with Crippen molar-refractivity contribution in [3.63, 3.8) is 0 Å². The first kappa shape index (κ1) is 19.7. The highest BCUT2D eigenvalue weighted by Gasteiger charge is 2.22. The Bertz CT molecular complexity index is 378. The molecule has 0 aliphatic carbocycles. The molecular weight excluding hydrogens is 266 g/mol. The smallest absolute Gasteiger partial charge is 0.410 e. The summed E-state index contributed by atoms with van der Waals surface area (Å²) in [4.78, 5) is 13.6. The average molecular weight is 297 g/mol. The van der Waals surface area contributed by atoms with Gasteiger partial charge in [0.15, 0.2) is 0 Å². The van der Waals surface area contributed by atoms with Crippen molar-refractivity contribution in [3.05, 3.63) is 23.8 Å². The van der Waals surface area contributed by atoms with Gasteiger partial charge >= 0.3 is 6.09 Å². The number of aliphatic hydroxyl groups excluding tert-OH is 1. The largest absolute Gasteiger partial charge is 0.444 e. The van der Waals surface area contributed by atoms with Crippen molar-refractivity contribution in [1.82, 2.24) is 4.90 Å². The summed E-state index contributed by atoms with van der Waals surface area (Å²) in [5.74, 6) is 0.590. The van der Waals surface area contributed by atoms with Crippen LogP contribution in [0.3, 0.4) is 0 Å². The summed E-state index contributed by atoms with van der Waals surface area (Å²) in [7, 11) is 0. The third kappa shape index (κ3) is 9.29. The zero-order valence-corrected chi connectivity index (χ0v) is 14.4. The van der Waals surface area contributed by atoms with Crippen LogP contribution >= 0.6 is 0 Å². The van der Waals surface area contributed by atoms with Crippen molar-refractivity contribution in [1.29, 1.82) is 0 Å². The van der Waals surface area contributed by atoms with Crippen LogP contribution in [-0.2, 0) is 4.74 Å². The molecule has 21 heavy (non-hydrogen) atoms. The van der Waals surface area contributed by atoms with Gasteiger partial charge in [0.05, 0.1) is 6.61 Å². The van der Waals surface area contributed by atoms with E-state index in [1.165, 1.54) is 4.90 Å². The molecule has 0 saturated heterocycles. The zero-order valence-electron chi connectivity index (χ0n) is 14.4. The van der Waals surface area contributed by atoms with E-state index in [0.717, 1.165) is 17.6 Å². The molecule has 0 fully saturated rings. The molecular formula is C17H31NO3. The van der Waals surface area contributed by atoms with Gasteiger partial charge in [0.1, 0.15) is 5.60 Å². The molecule has 0 aromatic heterocycles.